The molecular weight excluding hydrogens is 461 g/mol. The van der Waals surface area contributed by atoms with Crippen LogP contribution in [0.1, 0.15) is 35.5 Å². The molecule has 1 heterocycles. The van der Waals surface area contributed by atoms with Crippen molar-refractivity contribution in [3.63, 3.8) is 0 Å². The average molecular weight is 482 g/mol. The third-order valence-corrected chi connectivity index (χ3v) is 7.32. The van der Waals surface area contributed by atoms with E-state index in [9.17, 15) is 9.00 Å². The molecule has 3 aromatic rings. The van der Waals surface area contributed by atoms with Crippen LogP contribution < -0.4 is 11.1 Å². The average Bonchev–Trinajstić information content (AvgIpc) is 3.06. The zero-order valence-electron chi connectivity index (χ0n) is 16.4. The van der Waals surface area contributed by atoms with E-state index in [-0.39, 0.29) is 32.1 Å². The van der Waals surface area contributed by atoms with Gasteiger partial charge in [-0.3, -0.25) is 9.00 Å². The SMILES string of the molecule is CC(C)CCS(=O)c1ccc(Nc2nc(N)c(C(=O)c3c(Cl)cccc3Cl)s2)cc1. The van der Waals surface area contributed by atoms with Crippen molar-refractivity contribution in [3.8, 4) is 0 Å². The third-order valence-electron chi connectivity index (χ3n) is 4.30. The first-order chi connectivity index (χ1) is 14.3. The summed E-state index contributed by atoms with van der Waals surface area (Å²) in [5.74, 6) is 0.894. The molecule has 0 bridgehead atoms. The highest BCUT2D eigenvalue weighted by atomic mass is 35.5. The molecule has 0 aliphatic heterocycles. The van der Waals surface area contributed by atoms with Crippen molar-refractivity contribution < 1.29 is 9.00 Å². The van der Waals surface area contributed by atoms with Crippen molar-refractivity contribution in [2.75, 3.05) is 16.8 Å². The van der Waals surface area contributed by atoms with E-state index < -0.39 is 10.8 Å². The first-order valence-electron chi connectivity index (χ1n) is 9.26. The van der Waals surface area contributed by atoms with Crippen LogP contribution in [0.3, 0.4) is 0 Å². The van der Waals surface area contributed by atoms with Crippen molar-refractivity contribution >= 4 is 67.8 Å². The lowest BCUT2D eigenvalue weighted by Gasteiger charge is -2.07. The zero-order chi connectivity index (χ0) is 21.8. The minimum Gasteiger partial charge on any atom is -0.382 e. The lowest BCUT2D eigenvalue weighted by Crippen LogP contribution is -2.04. The van der Waals surface area contributed by atoms with Crippen LogP contribution in [-0.4, -0.2) is 20.7 Å². The van der Waals surface area contributed by atoms with E-state index in [4.69, 9.17) is 28.9 Å². The first kappa shape index (κ1) is 22.7. The Bertz CT molecular complexity index is 1060. The Kier molecular flexibility index (Phi) is 7.52. The number of ketones is 1. The van der Waals surface area contributed by atoms with Crippen molar-refractivity contribution in [1.82, 2.24) is 4.98 Å². The third kappa shape index (κ3) is 5.40. The summed E-state index contributed by atoms with van der Waals surface area (Å²) in [4.78, 5) is 18.1. The lowest BCUT2D eigenvalue weighted by atomic mass is 10.1. The molecule has 3 N–H and O–H groups in total. The molecule has 0 saturated carbocycles. The monoisotopic (exact) mass is 481 g/mol. The van der Waals surface area contributed by atoms with E-state index in [1.54, 1.807) is 18.2 Å². The summed E-state index contributed by atoms with van der Waals surface area (Å²) in [6.45, 7) is 4.23. The normalized spacial score (nSPS) is 12.2. The molecule has 0 radical (unpaired) electrons. The maximum absolute atomic E-state index is 12.9. The van der Waals surface area contributed by atoms with Crippen LogP contribution in [0.15, 0.2) is 47.4 Å². The molecule has 0 amide bonds. The standard InChI is InChI=1S/C21H21Cl2N3O2S2/c1-12(2)10-11-30(28)14-8-6-13(7-9-14)25-21-26-20(24)19(29-21)18(27)17-15(22)4-3-5-16(17)23/h3-9,12H,10-11,24H2,1-2H3,(H,25,26). The van der Waals surface area contributed by atoms with Gasteiger partial charge in [0.05, 0.1) is 26.4 Å². The summed E-state index contributed by atoms with van der Waals surface area (Å²) in [6.07, 6.45) is 0.914. The summed E-state index contributed by atoms with van der Waals surface area (Å²) in [5.41, 5.74) is 6.92. The molecule has 9 heteroatoms. The largest absolute Gasteiger partial charge is 0.382 e. The van der Waals surface area contributed by atoms with Crippen LogP contribution in [0.2, 0.25) is 10.0 Å². The minimum absolute atomic E-state index is 0.106. The number of nitrogen functional groups attached to an aromatic ring is 1. The van der Waals surface area contributed by atoms with Gasteiger partial charge in [0, 0.05) is 16.3 Å². The van der Waals surface area contributed by atoms with Crippen LogP contribution >= 0.6 is 34.5 Å². The van der Waals surface area contributed by atoms with Crippen molar-refractivity contribution in [3.05, 3.63) is 63.0 Å². The van der Waals surface area contributed by atoms with E-state index in [1.165, 1.54) is 0 Å². The van der Waals surface area contributed by atoms with Crippen LogP contribution in [0, 0.1) is 5.92 Å². The number of aromatic nitrogens is 1. The maximum Gasteiger partial charge on any atom is 0.209 e. The number of thiazole rings is 1. The quantitative estimate of drug-likeness (QED) is 0.376. The molecule has 30 heavy (non-hydrogen) atoms. The summed E-state index contributed by atoms with van der Waals surface area (Å²) in [7, 11) is -1.02. The molecule has 1 atom stereocenters. The highest BCUT2D eigenvalue weighted by molar-refractivity contribution is 7.85. The zero-order valence-corrected chi connectivity index (χ0v) is 19.6. The summed E-state index contributed by atoms with van der Waals surface area (Å²) >= 11 is 13.4. The fraction of sp³-hybridized carbons (Fsp3) is 0.238. The Morgan fingerprint density at radius 2 is 1.80 bits per heavy atom. The van der Waals surface area contributed by atoms with Crippen molar-refractivity contribution in [2.24, 2.45) is 5.92 Å². The van der Waals surface area contributed by atoms with E-state index in [1.807, 2.05) is 24.3 Å². The van der Waals surface area contributed by atoms with Gasteiger partial charge >= 0.3 is 0 Å². The number of nitrogens with two attached hydrogens (primary N) is 1. The van der Waals surface area contributed by atoms with E-state index in [0.717, 1.165) is 28.3 Å². The summed E-state index contributed by atoms with van der Waals surface area (Å²) in [5, 5.41) is 4.11. The van der Waals surface area contributed by atoms with Gasteiger partial charge in [-0.15, -0.1) is 0 Å². The Balaban J connectivity index is 1.75. The topological polar surface area (TPSA) is 85.1 Å². The molecule has 0 spiro atoms. The van der Waals surface area contributed by atoms with Gasteiger partial charge < -0.3 is 11.1 Å². The fourth-order valence-corrected chi connectivity index (χ4v) is 5.43. The number of carbonyl (C=O) groups is 1. The predicted molar refractivity (Wildman–Crippen MR) is 127 cm³/mol. The molecule has 158 valence electrons. The molecule has 1 aromatic heterocycles. The first-order valence-corrected chi connectivity index (χ1v) is 12.2. The molecule has 3 rings (SSSR count). The second-order valence-electron chi connectivity index (χ2n) is 7.04. The highest BCUT2D eigenvalue weighted by Crippen LogP contribution is 2.34. The highest BCUT2D eigenvalue weighted by Gasteiger charge is 2.22. The van der Waals surface area contributed by atoms with Crippen LogP contribution in [-0.2, 0) is 10.8 Å². The Labute approximate surface area is 192 Å². The second-order valence-corrected chi connectivity index (χ2v) is 10.4. The molecular formula is C21H21Cl2N3O2S2. The molecule has 5 nitrogen and oxygen atoms in total. The van der Waals surface area contributed by atoms with Crippen LogP contribution in [0.5, 0.6) is 0 Å². The number of nitrogens with zero attached hydrogens (tertiary/aromatic N) is 1. The van der Waals surface area contributed by atoms with Crippen LogP contribution in [0.25, 0.3) is 0 Å². The molecule has 0 aliphatic carbocycles. The second kappa shape index (κ2) is 9.92. The Hall–Kier alpha value is -1.93. The number of halogens is 2. The minimum atomic E-state index is -1.02. The summed E-state index contributed by atoms with van der Waals surface area (Å²) in [6, 6.07) is 12.2. The van der Waals surface area contributed by atoms with Gasteiger partial charge in [-0.1, -0.05) is 54.5 Å². The molecule has 1 unspecified atom stereocenters. The van der Waals surface area contributed by atoms with Crippen molar-refractivity contribution in [2.45, 2.75) is 25.2 Å². The maximum atomic E-state index is 12.9. The Morgan fingerprint density at radius 1 is 1.17 bits per heavy atom. The predicted octanol–water partition coefficient (Wildman–Crippen LogP) is 6.16. The number of nitrogens with one attached hydrogen (secondary N) is 1. The van der Waals surface area contributed by atoms with Gasteiger partial charge in [0.2, 0.25) is 5.78 Å². The van der Waals surface area contributed by atoms with Gasteiger partial charge in [0.1, 0.15) is 10.7 Å². The summed E-state index contributed by atoms with van der Waals surface area (Å²) < 4.78 is 12.3. The van der Waals surface area contributed by atoms with Gasteiger partial charge in [-0.05, 0) is 48.7 Å². The van der Waals surface area contributed by atoms with E-state index in [0.29, 0.717) is 16.8 Å². The fourth-order valence-electron chi connectivity index (χ4n) is 2.65. The number of carbonyl (C=O) groups excluding carboxylic acids is 1. The number of anilines is 3. The van der Waals surface area contributed by atoms with Gasteiger partial charge in [0.15, 0.2) is 5.13 Å². The molecule has 0 aliphatic rings. The molecule has 0 saturated heterocycles. The Morgan fingerprint density at radius 3 is 2.40 bits per heavy atom. The molecule has 2 aromatic carbocycles. The number of rotatable bonds is 8. The van der Waals surface area contributed by atoms with E-state index >= 15 is 0 Å². The van der Waals surface area contributed by atoms with E-state index in [2.05, 4.69) is 24.1 Å². The van der Waals surface area contributed by atoms with Gasteiger partial charge in [-0.2, -0.15) is 0 Å². The number of benzene rings is 2. The van der Waals surface area contributed by atoms with Gasteiger partial charge in [-0.25, -0.2) is 4.98 Å². The van der Waals surface area contributed by atoms with Crippen molar-refractivity contribution in [1.29, 1.82) is 0 Å². The van der Waals surface area contributed by atoms with Crippen LogP contribution in [0.4, 0.5) is 16.6 Å². The number of hydrogen-bond acceptors (Lipinski definition) is 6. The molecule has 0 fully saturated rings. The van der Waals surface area contributed by atoms with Gasteiger partial charge in [0.25, 0.3) is 0 Å². The number of hydrogen-bond donors (Lipinski definition) is 2. The lowest BCUT2D eigenvalue weighted by molar-refractivity contribution is 0.104. The smallest absolute Gasteiger partial charge is 0.209 e.